The predicted molar refractivity (Wildman–Crippen MR) is 69.1 cm³/mol. The second-order valence-corrected chi connectivity index (χ2v) is 4.09. The standard InChI is InChI=1S/C15H12F2O3/c1-19-15-7-14(3-2-11(15)8-18)20-9-10-4-12(16)6-13(17)5-10/h2-8H,9H2,1H3. The molecular weight excluding hydrogens is 266 g/mol. The van der Waals surface area contributed by atoms with E-state index in [4.69, 9.17) is 9.47 Å². The molecular formula is C15H12F2O3. The molecule has 0 bridgehead atoms. The number of aldehydes is 1. The van der Waals surface area contributed by atoms with E-state index in [0.29, 0.717) is 28.9 Å². The van der Waals surface area contributed by atoms with E-state index in [9.17, 15) is 13.6 Å². The molecule has 0 amide bonds. The first-order valence-electron chi connectivity index (χ1n) is 5.83. The first-order chi connectivity index (χ1) is 9.62. The van der Waals surface area contributed by atoms with Gasteiger partial charge in [0.05, 0.1) is 12.7 Å². The summed E-state index contributed by atoms with van der Waals surface area (Å²) >= 11 is 0. The average molecular weight is 278 g/mol. The normalized spacial score (nSPS) is 10.2. The lowest BCUT2D eigenvalue weighted by Gasteiger charge is -2.09. The van der Waals surface area contributed by atoms with Crippen LogP contribution in [0.1, 0.15) is 15.9 Å². The largest absolute Gasteiger partial charge is 0.496 e. The monoisotopic (exact) mass is 278 g/mol. The quantitative estimate of drug-likeness (QED) is 0.787. The highest BCUT2D eigenvalue weighted by Crippen LogP contribution is 2.24. The van der Waals surface area contributed by atoms with E-state index in [1.165, 1.54) is 19.2 Å². The van der Waals surface area contributed by atoms with E-state index < -0.39 is 11.6 Å². The Kier molecular flexibility index (Phi) is 4.30. The summed E-state index contributed by atoms with van der Waals surface area (Å²) in [6, 6.07) is 7.86. The topological polar surface area (TPSA) is 35.5 Å². The van der Waals surface area contributed by atoms with Crippen LogP contribution >= 0.6 is 0 Å². The zero-order valence-corrected chi connectivity index (χ0v) is 10.7. The van der Waals surface area contributed by atoms with E-state index in [1.54, 1.807) is 18.2 Å². The van der Waals surface area contributed by atoms with Gasteiger partial charge in [-0.05, 0) is 29.8 Å². The lowest BCUT2D eigenvalue weighted by atomic mass is 10.2. The van der Waals surface area contributed by atoms with Gasteiger partial charge in [-0.2, -0.15) is 0 Å². The smallest absolute Gasteiger partial charge is 0.153 e. The molecule has 0 aliphatic carbocycles. The lowest BCUT2D eigenvalue weighted by molar-refractivity contribution is 0.112. The van der Waals surface area contributed by atoms with Crippen LogP contribution in [-0.2, 0) is 6.61 Å². The molecule has 2 aromatic rings. The molecule has 0 unspecified atom stereocenters. The van der Waals surface area contributed by atoms with Crippen LogP contribution in [0.2, 0.25) is 0 Å². The molecule has 0 fully saturated rings. The number of carbonyl (C=O) groups is 1. The van der Waals surface area contributed by atoms with Gasteiger partial charge in [0.2, 0.25) is 0 Å². The van der Waals surface area contributed by atoms with E-state index in [-0.39, 0.29) is 6.61 Å². The molecule has 0 heterocycles. The minimum atomic E-state index is -0.655. The summed E-state index contributed by atoms with van der Waals surface area (Å²) in [4.78, 5) is 10.7. The van der Waals surface area contributed by atoms with Crippen molar-refractivity contribution in [1.82, 2.24) is 0 Å². The van der Waals surface area contributed by atoms with E-state index in [1.807, 2.05) is 0 Å². The molecule has 0 radical (unpaired) electrons. The second kappa shape index (κ2) is 6.14. The number of ether oxygens (including phenoxy) is 2. The van der Waals surface area contributed by atoms with Crippen molar-refractivity contribution in [3.8, 4) is 11.5 Å². The van der Waals surface area contributed by atoms with Crippen LogP contribution < -0.4 is 9.47 Å². The molecule has 2 rings (SSSR count). The predicted octanol–water partition coefficient (Wildman–Crippen LogP) is 3.36. The molecule has 2 aromatic carbocycles. The van der Waals surface area contributed by atoms with Crippen LogP contribution in [0.3, 0.4) is 0 Å². The van der Waals surface area contributed by atoms with Crippen LogP contribution in [-0.4, -0.2) is 13.4 Å². The SMILES string of the molecule is COc1cc(OCc2cc(F)cc(F)c2)ccc1C=O. The highest BCUT2D eigenvalue weighted by molar-refractivity contribution is 5.79. The van der Waals surface area contributed by atoms with Crippen molar-refractivity contribution in [2.45, 2.75) is 6.61 Å². The van der Waals surface area contributed by atoms with Crippen LogP contribution in [0.5, 0.6) is 11.5 Å². The van der Waals surface area contributed by atoms with E-state index in [2.05, 4.69) is 0 Å². The van der Waals surface area contributed by atoms with Gasteiger partial charge in [-0.25, -0.2) is 8.78 Å². The Labute approximate surface area is 114 Å². The van der Waals surface area contributed by atoms with Gasteiger partial charge in [-0.1, -0.05) is 0 Å². The fourth-order valence-electron chi connectivity index (χ4n) is 1.74. The molecule has 0 N–H and O–H groups in total. The fourth-order valence-corrected chi connectivity index (χ4v) is 1.74. The van der Waals surface area contributed by atoms with Crippen molar-refractivity contribution in [1.29, 1.82) is 0 Å². The van der Waals surface area contributed by atoms with Gasteiger partial charge in [0.1, 0.15) is 29.7 Å². The number of methoxy groups -OCH3 is 1. The molecule has 5 heteroatoms. The van der Waals surface area contributed by atoms with Crippen molar-refractivity contribution >= 4 is 6.29 Å². The Balaban J connectivity index is 2.12. The Hall–Kier alpha value is -2.43. The van der Waals surface area contributed by atoms with Gasteiger partial charge in [0, 0.05) is 12.1 Å². The maximum absolute atomic E-state index is 13.0. The van der Waals surface area contributed by atoms with Crippen LogP contribution in [0, 0.1) is 11.6 Å². The molecule has 0 spiro atoms. The molecule has 0 atom stereocenters. The molecule has 0 saturated carbocycles. The van der Waals surface area contributed by atoms with Crippen LogP contribution in [0.4, 0.5) is 8.78 Å². The van der Waals surface area contributed by atoms with E-state index >= 15 is 0 Å². The highest BCUT2D eigenvalue weighted by Gasteiger charge is 2.06. The molecule has 104 valence electrons. The summed E-state index contributed by atoms with van der Waals surface area (Å²) in [5, 5.41) is 0. The molecule has 3 nitrogen and oxygen atoms in total. The third kappa shape index (κ3) is 3.32. The van der Waals surface area contributed by atoms with Gasteiger partial charge in [-0.15, -0.1) is 0 Å². The Morgan fingerprint density at radius 3 is 2.40 bits per heavy atom. The first-order valence-corrected chi connectivity index (χ1v) is 5.83. The van der Waals surface area contributed by atoms with E-state index in [0.717, 1.165) is 6.07 Å². The third-order valence-electron chi connectivity index (χ3n) is 2.66. The van der Waals surface area contributed by atoms with Crippen molar-refractivity contribution < 1.29 is 23.0 Å². The number of benzene rings is 2. The number of carbonyl (C=O) groups excluding carboxylic acids is 1. The maximum Gasteiger partial charge on any atom is 0.153 e. The van der Waals surface area contributed by atoms with Crippen molar-refractivity contribution in [3.63, 3.8) is 0 Å². The van der Waals surface area contributed by atoms with Crippen LogP contribution in [0.15, 0.2) is 36.4 Å². The minimum Gasteiger partial charge on any atom is -0.496 e. The van der Waals surface area contributed by atoms with Gasteiger partial charge in [0.25, 0.3) is 0 Å². The lowest BCUT2D eigenvalue weighted by Crippen LogP contribution is -1.98. The summed E-state index contributed by atoms with van der Waals surface area (Å²) in [6.07, 6.45) is 0.671. The maximum atomic E-state index is 13.0. The van der Waals surface area contributed by atoms with Crippen molar-refractivity contribution in [2.75, 3.05) is 7.11 Å². The summed E-state index contributed by atoms with van der Waals surface area (Å²) in [7, 11) is 1.44. The summed E-state index contributed by atoms with van der Waals surface area (Å²) < 4.78 is 36.5. The Morgan fingerprint density at radius 1 is 1.10 bits per heavy atom. The van der Waals surface area contributed by atoms with Crippen LogP contribution in [0.25, 0.3) is 0 Å². The Bertz CT molecular complexity index is 606. The first kappa shape index (κ1) is 14.0. The number of halogens is 2. The fraction of sp³-hybridized carbons (Fsp3) is 0.133. The summed E-state index contributed by atoms with van der Waals surface area (Å²) in [6.45, 7) is 0.0122. The minimum absolute atomic E-state index is 0.0122. The average Bonchev–Trinajstić information content (AvgIpc) is 2.43. The highest BCUT2D eigenvalue weighted by atomic mass is 19.1. The zero-order chi connectivity index (χ0) is 14.5. The summed E-state index contributed by atoms with van der Waals surface area (Å²) in [5.41, 5.74) is 0.776. The molecule has 0 aliphatic heterocycles. The van der Waals surface area contributed by atoms with Gasteiger partial charge in [0.15, 0.2) is 6.29 Å². The van der Waals surface area contributed by atoms with Gasteiger partial charge < -0.3 is 9.47 Å². The zero-order valence-electron chi connectivity index (χ0n) is 10.7. The summed E-state index contributed by atoms with van der Waals surface area (Å²) in [5.74, 6) is -0.491. The van der Waals surface area contributed by atoms with Gasteiger partial charge in [-0.3, -0.25) is 4.79 Å². The van der Waals surface area contributed by atoms with Crippen molar-refractivity contribution in [2.24, 2.45) is 0 Å². The molecule has 0 saturated heterocycles. The number of rotatable bonds is 5. The molecule has 0 aromatic heterocycles. The van der Waals surface area contributed by atoms with Gasteiger partial charge >= 0.3 is 0 Å². The second-order valence-electron chi connectivity index (χ2n) is 4.09. The number of hydrogen-bond donors (Lipinski definition) is 0. The van der Waals surface area contributed by atoms with Crippen molar-refractivity contribution in [3.05, 3.63) is 59.2 Å². The third-order valence-corrected chi connectivity index (χ3v) is 2.66. The Morgan fingerprint density at radius 2 is 1.80 bits per heavy atom. The molecule has 0 aliphatic rings. The molecule has 20 heavy (non-hydrogen) atoms. The number of hydrogen-bond acceptors (Lipinski definition) is 3.